The van der Waals surface area contributed by atoms with Gasteiger partial charge in [-0.1, -0.05) is 66.8 Å². The molecule has 1 amide bonds. The molecule has 0 spiro atoms. The molecule has 0 aromatic heterocycles. The topological polar surface area (TPSA) is 93.3 Å². The van der Waals surface area contributed by atoms with Crippen LogP contribution in [0.1, 0.15) is 24.2 Å². The van der Waals surface area contributed by atoms with Gasteiger partial charge < -0.3 is 25.9 Å². The van der Waals surface area contributed by atoms with Crippen molar-refractivity contribution in [3.63, 3.8) is 0 Å². The number of carboxylic acids is 1. The molecule has 24 heavy (non-hydrogen) atoms. The molecular formula is C14H15Cl3N3O3S-. The molecule has 1 atom stereocenters. The lowest BCUT2D eigenvalue weighted by atomic mass is 10.2. The van der Waals surface area contributed by atoms with Crippen LogP contribution in [0.3, 0.4) is 0 Å². The number of hydrogen-bond acceptors (Lipinski definition) is 4. The van der Waals surface area contributed by atoms with Crippen molar-refractivity contribution in [2.75, 3.05) is 5.32 Å². The molecule has 1 rings (SSSR count). The van der Waals surface area contributed by atoms with Crippen LogP contribution in [0.2, 0.25) is 0 Å². The number of aromatic carboxylic acids is 1. The van der Waals surface area contributed by atoms with E-state index in [9.17, 15) is 14.7 Å². The minimum Gasteiger partial charge on any atom is -0.545 e. The zero-order valence-electron chi connectivity index (χ0n) is 12.7. The van der Waals surface area contributed by atoms with Crippen molar-refractivity contribution in [3.8, 4) is 0 Å². The molecule has 0 heterocycles. The number of benzene rings is 1. The highest BCUT2D eigenvalue weighted by molar-refractivity contribution is 7.80. The Kier molecular flexibility index (Phi) is 7.54. The van der Waals surface area contributed by atoms with Crippen molar-refractivity contribution in [2.45, 2.75) is 23.8 Å². The molecule has 0 unspecified atom stereocenters. The van der Waals surface area contributed by atoms with Crippen LogP contribution in [0.5, 0.6) is 0 Å². The van der Waals surface area contributed by atoms with Crippen LogP contribution in [0.4, 0.5) is 5.69 Å². The number of carboxylic acid groups (broad SMARTS) is 1. The predicted molar refractivity (Wildman–Crippen MR) is 97.2 cm³/mol. The number of anilines is 1. The van der Waals surface area contributed by atoms with Crippen molar-refractivity contribution >= 4 is 69.7 Å². The zero-order valence-corrected chi connectivity index (χ0v) is 15.8. The van der Waals surface area contributed by atoms with Crippen molar-refractivity contribution in [1.82, 2.24) is 10.6 Å². The molecule has 10 heteroatoms. The van der Waals surface area contributed by atoms with Gasteiger partial charge in [0.15, 0.2) is 5.11 Å². The number of alkyl halides is 3. The summed E-state index contributed by atoms with van der Waals surface area (Å²) in [4.78, 5) is 22.9. The molecule has 0 aliphatic rings. The standard InChI is InChI=1S/C14H16Cl3N3O3S/c1-7(2)10(21)19-12(14(15,16)17)20-13(24)18-9-6-4-3-5-8(9)11(22)23/h3-7,12H,1-2H3,(H,19,21)(H,22,23)(H2,18,20,24)/p-1/t12-/m1/s1. The number of amides is 1. The number of para-hydroxylation sites is 1. The van der Waals surface area contributed by atoms with Crippen LogP contribution >= 0.6 is 47.0 Å². The minimum absolute atomic E-state index is 0.0379. The summed E-state index contributed by atoms with van der Waals surface area (Å²) in [5.41, 5.74) is 0.117. The Balaban J connectivity index is 2.86. The first-order chi connectivity index (χ1) is 11.0. The summed E-state index contributed by atoms with van der Waals surface area (Å²) in [6, 6.07) is 6.01. The van der Waals surface area contributed by atoms with E-state index in [1.54, 1.807) is 26.0 Å². The molecule has 0 saturated carbocycles. The average Bonchev–Trinajstić information content (AvgIpc) is 2.45. The van der Waals surface area contributed by atoms with Crippen LogP contribution in [-0.2, 0) is 4.79 Å². The SMILES string of the molecule is CC(C)C(=O)N[C@H](NC(=S)Nc1ccccc1C(=O)[O-])C(Cl)(Cl)Cl. The van der Waals surface area contributed by atoms with Crippen molar-refractivity contribution < 1.29 is 14.7 Å². The fraction of sp³-hybridized carbons (Fsp3) is 0.357. The number of thiocarbonyl (C=S) groups is 1. The molecular weight excluding hydrogens is 397 g/mol. The third kappa shape index (κ3) is 6.32. The summed E-state index contributed by atoms with van der Waals surface area (Å²) in [6.07, 6.45) is -1.12. The lowest BCUT2D eigenvalue weighted by Crippen LogP contribution is -2.56. The summed E-state index contributed by atoms with van der Waals surface area (Å²) < 4.78 is -1.88. The first-order valence-corrected chi connectivity index (χ1v) is 8.31. The monoisotopic (exact) mass is 410 g/mol. The van der Waals surface area contributed by atoms with Crippen LogP contribution in [-0.4, -0.2) is 26.9 Å². The van der Waals surface area contributed by atoms with Crippen molar-refractivity contribution in [2.24, 2.45) is 5.92 Å². The van der Waals surface area contributed by atoms with E-state index >= 15 is 0 Å². The molecule has 0 saturated heterocycles. The molecule has 1 aromatic rings. The number of carbonyl (C=O) groups excluding carboxylic acids is 2. The first kappa shape index (κ1) is 20.8. The summed E-state index contributed by atoms with van der Waals surface area (Å²) in [7, 11) is 0. The second-order valence-electron chi connectivity index (χ2n) is 5.07. The maximum atomic E-state index is 11.8. The van der Waals surface area contributed by atoms with Crippen molar-refractivity contribution in [1.29, 1.82) is 0 Å². The molecule has 0 aliphatic carbocycles. The quantitative estimate of drug-likeness (QED) is 0.389. The Hall–Kier alpha value is -1.28. The van der Waals surface area contributed by atoms with Crippen LogP contribution in [0, 0.1) is 5.92 Å². The van der Waals surface area contributed by atoms with Crippen LogP contribution in [0.25, 0.3) is 0 Å². The first-order valence-electron chi connectivity index (χ1n) is 6.77. The van der Waals surface area contributed by atoms with Crippen LogP contribution in [0.15, 0.2) is 24.3 Å². The number of halogens is 3. The lowest BCUT2D eigenvalue weighted by molar-refractivity contribution is -0.254. The molecule has 6 nitrogen and oxygen atoms in total. The molecule has 132 valence electrons. The van der Waals surface area contributed by atoms with E-state index in [2.05, 4.69) is 16.0 Å². The van der Waals surface area contributed by atoms with Crippen LogP contribution < -0.4 is 21.1 Å². The Morgan fingerprint density at radius 3 is 2.25 bits per heavy atom. The second kappa shape index (κ2) is 8.71. The van der Waals surface area contributed by atoms with Gasteiger partial charge in [0.25, 0.3) is 0 Å². The van der Waals surface area contributed by atoms with E-state index in [4.69, 9.17) is 47.0 Å². The maximum absolute atomic E-state index is 11.8. The molecule has 3 N–H and O–H groups in total. The lowest BCUT2D eigenvalue weighted by Gasteiger charge is -2.28. The van der Waals surface area contributed by atoms with E-state index in [-0.39, 0.29) is 28.2 Å². The molecule has 0 aliphatic heterocycles. The largest absolute Gasteiger partial charge is 0.545 e. The predicted octanol–water partition coefficient (Wildman–Crippen LogP) is 1.80. The van der Waals surface area contributed by atoms with E-state index in [0.717, 1.165) is 0 Å². The summed E-state index contributed by atoms with van der Waals surface area (Å²) >= 11 is 22.6. The number of nitrogens with one attached hydrogen (secondary N) is 3. The van der Waals surface area contributed by atoms with E-state index in [0.29, 0.717) is 0 Å². The van der Waals surface area contributed by atoms with Gasteiger partial charge in [-0.25, -0.2) is 0 Å². The summed E-state index contributed by atoms with van der Waals surface area (Å²) in [6.45, 7) is 3.36. The summed E-state index contributed by atoms with van der Waals surface area (Å²) in [5, 5.41) is 18.8. The number of hydrogen-bond donors (Lipinski definition) is 3. The molecule has 0 fully saturated rings. The molecule has 0 radical (unpaired) electrons. The molecule has 1 aromatic carbocycles. The van der Waals surface area contributed by atoms with Gasteiger partial charge in [0, 0.05) is 17.2 Å². The second-order valence-corrected chi connectivity index (χ2v) is 7.85. The van der Waals surface area contributed by atoms with Gasteiger partial charge in [0.05, 0.1) is 5.97 Å². The van der Waals surface area contributed by atoms with E-state index in [1.807, 2.05) is 0 Å². The third-order valence-corrected chi connectivity index (χ3v) is 3.68. The molecule has 0 bridgehead atoms. The fourth-order valence-electron chi connectivity index (χ4n) is 1.57. The fourth-order valence-corrected chi connectivity index (χ4v) is 2.12. The minimum atomic E-state index is -1.88. The number of carbonyl (C=O) groups is 2. The van der Waals surface area contributed by atoms with Gasteiger partial charge >= 0.3 is 0 Å². The highest BCUT2D eigenvalue weighted by Crippen LogP contribution is 2.29. The van der Waals surface area contributed by atoms with Gasteiger partial charge in [-0.05, 0) is 18.3 Å². The Morgan fingerprint density at radius 2 is 1.75 bits per heavy atom. The Morgan fingerprint density at radius 1 is 1.17 bits per heavy atom. The van der Waals surface area contributed by atoms with E-state index in [1.165, 1.54) is 12.1 Å². The van der Waals surface area contributed by atoms with Gasteiger partial charge in [-0.2, -0.15) is 0 Å². The number of rotatable bonds is 5. The highest BCUT2D eigenvalue weighted by atomic mass is 35.6. The van der Waals surface area contributed by atoms with Crippen molar-refractivity contribution in [3.05, 3.63) is 29.8 Å². The average molecular weight is 412 g/mol. The maximum Gasteiger partial charge on any atom is 0.228 e. The van der Waals surface area contributed by atoms with Gasteiger partial charge in [-0.3, -0.25) is 4.79 Å². The van der Waals surface area contributed by atoms with Gasteiger partial charge in [0.1, 0.15) is 6.17 Å². The normalized spacial score (nSPS) is 12.4. The highest BCUT2D eigenvalue weighted by Gasteiger charge is 2.35. The third-order valence-electron chi connectivity index (χ3n) is 2.81. The summed E-state index contributed by atoms with van der Waals surface area (Å²) in [5.74, 6) is -2.05. The Bertz CT molecular complexity index is 635. The zero-order chi connectivity index (χ0) is 18.5. The van der Waals surface area contributed by atoms with E-state index < -0.39 is 15.9 Å². The van der Waals surface area contributed by atoms with Gasteiger partial charge in [-0.15, -0.1) is 0 Å². The van der Waals surface area contributed by atoms with Gasteiger partial charge in [0.2, 0.25) is 9.70 Å². The smallest absolute Gasteiger partial charge is 0.228 e. The Labute approximate surface area is 159 Å².